The molecule has 0 saturated heterocycles. The van der Waals surface area contributed by atoms with Gasteiger partial charge in [-0.3, -0.25) is 0 Å². The van der Waals surface area contributed by atoms with Gasteiger partial charge in [0.2, 0.25) is 0 Å². The smallest absolute Gasteiger partial charge is 0.0476 e. The van der Waals surface area contributed by atoms with Crippen molar-refractivity contribution in [2.45, 2.75) is 0 Å². The van der Waals surface area contributed by atoms with E-state index in [4.69, 9.17) is 0 Å². The molecule has 0 fully saturated rings. The maximum atomic E-state index is 2.37. The number of nitrogens with zero attached hydrogens (tertiary/aromatic N) is 1. The first kappa shape index (κ1) is 32.0. The summed E-state index contributed by atoms with van der Waals surface area (Å²) in [6.07, 6.45) is 0. The Bertz CT molecular complexity index is 3180. The average Bonchev–Trinajstić information content (AvgIpc) is 3.82. The van der Waals surface area contributed by atoms with Crippen molar-refractivity contribution >= 4 is 90.9 Å². The van der Waals surface area contributed by atoms with Crippen LogP contribution in [0.25, 0.3) is 84.5 Å². The Balaban J connectivity index is 0.937. The number of anilines is 3. The largest absolute Gasteiger partial charge is 0.310 e. The lowest BCUT2D eigenvalue weighted by Crippen LogP contribution is -2.09. The fraction of sp³-hybridized carbons (Fsp3) is 0. The minimum atomic E-state index is 1.13. The Morgan fingerprint density at radius 1 is 0.291 bits per heavy atom. The number of benzene rings is 9. The van der Waals surface area contributed by atoms with E-state index < -0.39 is 0 Å². The van der Waals surface area contributed by atoms with Gasteiger partial charge in [0.15, 0.2) is 0 Å². The molecular formula is C52H33NS2. The van der Waals surface area contributed by atoms with Gasteiger partial charge in [0.1, 0.15) is 0 Å². The lowest BCUT2D eigenvalue weighted by molar-refractivity contribution is 1.29. The zero-order valence-corrected chi connectivity index (χ0v) is 31.4. The zero-order chi connectivity index (χ0) is 36.3. The molecule has 0 saturated carbocycles. The Kier molecular flexibility index (Phi) is 7.61. The van der Waals surface area contributed by atoms with Crippen LogP contribution in [0.5, 0.6) is 0 Å². The van der Waals surface area contributed by atoms with Crippen LogP contribution in [0.3, 0.4) is 0 Å². The Morgan fingerprint density at radius 3 is 1.75 bits per heavy atom. The predicted octanol–water partition coefficient (Wildman–Crippen LogP) is 16.0. The molecule has 0 radical (unpaired) electrons. The third kappa shape index (κ3) is 5.51. The summed E-state index contributed by atoms with van der Waals surface area (Å²) >= 11 is 3.75. The van der Waals surface area contributed by atoms with Crippen LogP contribution in [0.15, 0.2) is 200 Å². The summed E-state index contributed by atoms with van der Waals surface area (Å²) < 4.78 is 5.27. The van der Waals surface area contributed by atoms with Crippen LogP contribution in [0.2, 0.25) is 0 Å². The van der Waals surface area contributed by atoms with Crippen LogP contribution >= 0.6 is 22.7 Å². The van der Waals surface area contributed by atoms with Gasteiger partial charge in [-0.2, -0.15) is 0 Å². The predicted molar refractivity (Wildman–Crippen MR) is 241 cm³/mol. The van der Waals surface area contributed by atoms with Crippen LogP contribution in [0.4, 0.5) is 17.1 Å². The molecule has 0 bridgehead atoms. The van der Waals surface area contributed by atoms with E-state index >= 15 is 0 Å². The highest BCUT2D eigenvalue weighted by atomic mass is 32.1. The van der Waals surface area contributed by atoms with E-state index in [1.54, 1.807) is 0 Å². The molecule has 0 aliphatic heterocycles. The third-order valence-corrected chi connectivity index (χ3v) is 13.2. The van der Waals surface area contributed by atoms with E-state index in [0.717, 1.165) is 17.1 Å². The Hall–Kier alpha value is -6.52. The van der Waals surface area contributed by atoms with Crippen molar-refractivity contribution in [3.8, 4) is 33.4 Å². The highest BCUT2D eigenvalue weighted by molar-refractivity contribution is 7.26. The summed E-state index contributed by atoms with van der Waals surface area (Å²) in [6.45, 7) is 0. The molecular weight excluding hydrogens is 703 g/mol. The van der Waals surface area contributed by atoms with Crippen molar-refractivity contribution in [2.24, 2.45) is 0 Å². The van der Waals surface area contributed by atoms with Crippen molar-refractivity contribution in [3.05, 3.63) is 200 Å². The van der Waals surface area contributed by atoms with Crippen LogP contribution in [0.1, 0.15) is 0 Å². The first-order valence-electron chi connectivity index (χ1n) is 18.7. The molecule has 2 heterocycles. The lowest BCUT2D eigenvalue weighted by atomic mass is 9.98. The Labute approximate surface area is 327 Å². The molecule has 2 aromatic heterocycles. The molecule has 0 amide bonds. The van der Waals surface area contributed by atoms with E-state index in [9.17, 15) is 0 Å². The van der Waals surface area contributed by atoms with E-state index in [0.29, 0.717) is 0 Å². The van der Waals surface area contributed by atoms with Crippen molar-refractivity contribution in [1.82, 2.24) is 0 Å². The number of para-hydroxylation sites is 1. The highest BCUT2D eigenvalue weighted by Gasteiger charge is 2.16. The molecule has 3 heteroatoms. The average molecular weight is 736 g/mol. The second-order valence-electron chi connectivity index (χ2n) is 14.1. The molecule has 0 aliphatic rings. The molecule has 0 atom stereocenters. The van der Waals surface area contributed by atoms with Gasteiger partial charge in [0.25, 0.3) is 0 Å². The number of rotatable bonds is 6. The number of hydrogen-bond acceptors (Lipinski definition) is 3. The van der Waals surface area contributed by atoms with Gasteiger partial charge < -0.3 is 4.90 Å². The standard InChI is InChI=1S/C52H33NS2/c1-2-12-39(13-3-1)53(40-27-24-36(25-28-40)43-16-8-11-35-10-4-5-14-42(35)43)41-29-30-46-48-32-38(26-31-50(48)54-51(46)33-41)34-20-22-37(23-21-34)44-17-9-18-47-45-15-6-7-19-49(45)55-52(44)47/h1-33H. The quantitative estimate of drug-likeness (QED) is 0.164. The maximum absolute atomic E-state index is 2.37. The molecule has 0 N–H and O–H groups in total. The summed E-state index contributed by atoms with van der Waals surface area (Å²) in [4.78, 5) is 2.36. The SMILES string of the molecule is c1ccc(N(c2ccc(-c3cccc4ccccc34)cc2)c2ccc3c(c2)sc2ccc(-c4ccc(-c5cccc6c5sc5ccccc56)cc4)cc23)cc1. The van der Waals surface area contributed by atoms with E-state index in [2.05, 4.69) is 205 Å². The number of fused-ring (bicyclic) bond motifs is 7. The van der Waals surface area contributed by atoms with Crippen molar-refractivity contribution < 1.29 is 0 Å². The summed E-state index contributed by atoms with van der Waals surface area (Å²) in [6, 6.07) is 73.3. The first-order chi connectivity index (χ1) is 27.2. The minimum absolute atomic E-state index is 1.13. The third-order valence-electron chi connectivity index (χ3n) is 10.9. The molecule has 9 aromatic carbocycles. The van der Waals surface area contributed by atoms with Crippen molar-refractivity contribution in [3.63, 3.8) is 0 Å². The van der Waals surface area contributed by atoms with Gasteiger partial charge in [0.05, 0.1) is 0 Å². The summed E-state index contributed by atoms with van der Waals surface area (Å²) in [5, 5.41) is 7.79. The molecule has 1 nitrogen and oxygen atoms in total. The molecule has 0 spiro atoms. The highest BCUT2D eigenvalue weighted by Crippen LogP contribution is 2.43. The molecule has 11 aromatic rings. The number of thiophene rings is 2. The van der Waals surface area contributed by atoms with Gasteiger partial charge in [0, 0.05) is 57.4 Å². The van der Waals surface area contributed by atoms with Crippen molar-refractivity contribution in [2.75, 3.05) is 4.90 Å². The van der Waals surface area contributed by atoms with Crippen molar-refractivity contribution in [1.29, 1.82) is 0 Å². The van der Waals surface area contributed by atoms with Crippen LogP contribution < -0.4 is 4.90 Å². The summed E-state index contributed by atoms with van der Waals surface area (Å²) in [5.74, 6) is 0. The van der Waals surface area contributed by atoms with E-state index in [-0.39, 0.29) is 0 Å². The molecule has 11 rings (SSSR count). The fourth-order valence-electron chi connectivity index (χ4n) is 8.19. The molecule has 0 aliphatic carbocycles. The second-order valence-corrected chi connectivity index (χ2v) is 16.2. The van der Waals surface area contributed by atoms with E-state index in [1.807, 2.05) is 22.7 Å². The first-order valence-corrected chi connectivity index (χ1v) is 20.3. The van der Waals surface area contributed by atoms with Gasteiger partial charge in [-0.05, 0) is 98.8 Å². The number of hydrogen-bond donors (Lipinski definition) is 0. The van der Waals surface area contributed by atoms with E-state index in [1.165, 1.54) is 84.5 Å². The van der Waals surface area contributed by atoms with Crippen LogP contribution in [-0.2, 0) is 0 Å². The normalized spacial score (nSPS) is 11.6. The van der Waals surface area contributed by atoms with Gasteiger partial charge in [-0.1, -0.05) is 146 Å². The van der Waals surface area contributed by atoms with Crippen LogP contribution in [0, 0.1) is 0 Å². The Morgan fingerprint density at radius 2 is 0.873 bits per heavy atom. The lowest BCUT2D eigenvalue weighted by Gasteiger charge is -2.25. The van der Waals surface area contributed by atoms with Crippen LogP contribution in [-0.4, -0.2) is 0 Å². The second kappa shape index (κ2) is 13.1. The molecule has 258 valence electrons. The monoisotopic (exact) mass is 735 g/mol. The van der Waals surface area contributed by atoms with Gasteiger partial charge >= 0.3 is 0 Å². The summed E-state index contributed by atoms with van der Waals surface area (Å²) in [7, 11) is 0. The maximum Gasteiger partial charge on any atom is 0.0476 e. The summed E-state index contributed by atoms with van der Waals surface area (Å²) in [5.41, 5.74) is 10.9. The zero-order valence-electron chi connectivity index (χ0n) is 29.8. The fourth-order valence-corrected chi connectivity index (χ4v) is 10.6. The minimum Gasteiger partial charge on any atom is -0.310 e. The van der Waals surface area contributed by atoms with Gasteiger partial charge in [-0.15, -0.1) is 22.7 Å². The van der Waals surface area contributed by atoms with Gasteiger partial charge in [-0.25, -0.2) is 0 Å². The topological polar surface area (TPSA) is 3.24 Å². The molecule has 55 heavy (non-hydrogen) atoms. The molecule has 0 unspecified atom stereocenters.